The van der Waals surface area contributed by atoms with Crippen LogP contribution in [0, 0.1) is 46.3 Å². The molecular weight excluding hydrogens is 494 g/mol. The number of hydrogen-bond acceptors (Lipinski definition) is 6. The van der Waals surface area contributed by atoms with E-state index in [1.165, 1.54) is 38.5 Å². The molecular formula is C32H53NO6. The first-order valence-corrected chi connectivity index (χ1v) is 15.5. The maximum Gasteiger partial charge on any atom is 0.323 e. The van der Waals surface area contributed by atoms with Crippen LogP contribution in [0.15, 0.2) is 0 Å². The first-order chi connectivity index (χ1) is 18.1. The van der Waals surface area contributed by atoms with Gasteiger partial charge in [-0.1, -0.05) is 20.8 Å². The van der Waals surface area contributed by atoms with Crippen molar-refractivity contribution < 1.29 is 29.0 Å². The van der Waals surface area contributed by atoms with E-state index in [0.717, 1.165) is 43.4 Å². The highest BCUT2D eigenvalue weighted by molar-refractivity contribution is 5.81. The molecule has 0 bridgehead atoms. The number of rotatable bonds is 8. The minimum Gasteiger partial charge on any atom is -0.481 e. The van der Waals surface area contributed by atoms with E-state index in [9.17, 15) is 14.4 Å². The van der Waals surface area contributed by atoms with Crippen LogP contribution in [-0.4, -0.2) is 40.8 Å². The Labute approximate surface area is 235 Å². The molecule has 0 unspecified atom stereocenters. The molecule has 0 spiro atoms. The number of aliphatic carboxylic acids is 1. The van der Waals surface area contributed by atoms with E-state index in [2.05, 4.69) is 20.8 Å². The maximum absolute atomic E-state index is 12.4. The van der Waals surface area contributed by atoms with Crippen molar-refractivity contribution in [3.05, 3.63) is 0 Å². The van der Waals surface area contributed by atoms with E-state index < -0.39 is 30.0 Å². The van der Waals surface area contributed by atoms with Gasteiger partial charge in [0.15, 0.2) is 0 Å². The van der Waals surface area contributed by atoms with E-state index in [-0.39, 0.29) is 17.5 Å². The number of nitrogens with two attached hydrogens (primary N) is 1. The summed E-state index contributed by atoms with van der Waals surface area (Å²) in [4.78, 5) is 35.7. The molecule has 4 aliphatic carbocycles. The van der Waals surface area contributed by atoms with Gasteiger partial charge in [0.25, 0.3) is 0 Å². The van der Waals surface area contributed by atoms with Crippen molar-refractivity contribution in [2.24, 2.45) is 52.1 Å². The van der Waals surface area contributed by atoms with Gasteiger partial charge in [-0.15, -0.1) is 0 Å². The zero-order valence-corrected chi connectivity index (χ0v) is 25.2. The van der Waals surface area contributed by atoms with Gasteiger partial charge in [0, 0.05) is 6.42 Å². The van der Waals surface area contributed by atoms with Crippen LogP contribution in [0.2, 0.25) is 0 Å². The Balaban J connectivity index is 1.36. The summed E-state index contributed by atoms with van der Waals surface area (Å²) < 4.78 is 11.3. The summed E-state index contributed by atoms with van der Waals surface area (Å²) in [5.74, 6) is 2.23. The highest BCUT2D eigenvalue weighted by atomic mass is 16.6. The van der Waals surface area contributed by atoms with E-state index in [1.54, 1.807) is 0 Å². The third kappa shape index (κ3) is 6.33. The van der Waals surface area contributed by atoms with E-state index >= 15 is 0 Å². The van der Waals surface area contributed by atoms with Crippen molar-refractivity contribution in [3.63, 3.8) is 0 Å². The van der Waals surface area contributed by atoms with E-state index in [1.807, 2.05) is 20.8 Å². The standard InChI is InChI=1S/C32H53NO6/c1-19(7-12-28(36)39-30(2,3)4)23-10-11-24-22-9-8-20-17-21(38-29(37)26(33)18-27(34)35)13-15-31(20,5)25(22)14-16-32(23,24)6/h19-26H,7-18,33H2,1-6H3,(H,34,35)/t19-,20-,21-,22+,23-,24+,25+,26+,31+,32-/m1/s1. The summed E-state index contributed by atoms with van der Waals surface area (Å²) in [5.41, 5.74) is 5.96. The molecule has 222 valence electrons. The molecule has 39 heavy (non-hydrogen) atoms. The average molecular weight is 548 g/mol. The van der Waals surface area contributed by atoms with Gasteiger partial charge in [0.05, 0.1) is 6.42 Å². The number of hydrogen-bond donors (Lipinski definition) is 2. The Kier molecular flexibility index (Phi) is 8.81. The van der Waals surface area contributed by atoms with Crippen molar-refractivity contribution in [3.8, 4) is 0 Å². The Morgan fingerprint density at radius 1 is 0.974 bits per heavy atom. The molecule has 3 N–H and O–H groups in total. The van der Waals surface area contributed by atoms with Crippen molar-refractivity contribution >= 4 is 17.9 Å². The molecule has 0 aromatic carbocycles. The first kappa shape index (κ1) is 30.3. The molecule has 0 aromatic rings. The number of esters is 2. The second kappa shape index (κ2) is 11.3. The van der Waals surface area contributed by atoms with Gasteiger partial charge in [-0.25, -0.2) is 0 Å². The fraction of sp³-hybridized carbons (Fsp3) is 0.906. The summed E-state index contributed by atoms with van der Waals surface area (Å²) in [6, 6.07) is -1.09. The fourth-order valence-corrected chi connectivity index (χ4v) is 9.76. The van der Waals surface area contributed by atoms with Crippen molar-refractivity contribution in [1.29, 1.82) is 0 Å². The fourth-order valence-electron chi connectivity index (χ4n) is 9.76. The lowest BCUT2D eigenvalue weighted by Crippen LogP contribution is -2.54. The Morgan fingerprint density at radius 3 is 2.31 bits per heavy atom. The maximum atomic E-state index is 12.4. The predicted octanol–water partition coefficient (Wildman–Crippen LogP) is 6.12. The summed E-state index contributed by atoms with van der Waals surface area (Å²) in [6.45, 7) is 13.2. The van der Waals surface area contributed by atoms with Crippen LogP contribution >= 0.6 is 0 Å². The van der Waals surface area contributed by atoms with Gasteiger partial charge < -0.3 is 20.3 Å². The first-order valence-electron chi connectivity index (χ1n) is 15.5. The number of carbonyl (C=O) groups is 3. The van der Waals surface area contributed by atoms with Crippen molar-refractivity contribution in [1.82, 2.24) is 0 Å². The van der Waals surface area contributed by atoms with E-state index in [4.69, 9.17) is 20.3 Å². The predicted molar refractivity (Wildman–Crippen MR) is 150 cm³/mol. The van der Waals surface area contributed by atoms with Crippen LogP contribution in [0.3, 0.4) is 0 Å². The van der Waals surface area contributed by atoms with Crippen molar-refractivity contribution in [2.45, 2.75) is 136 Å². The van der Waals surface area contributed by atoms with Crippen LogP contribution in [-0.2, 0) is 23.9 Å². The zero-order chi connectivity index (χ0) is 28.8. The lowest BCUT2D eigenvalue weighted by molar-refractivity contribution is -0.165. The summed E-state index contributed by atoms with van der Waals surface area (Å²) in [5, 5.41) is 8.95. The lowest BCUT2D eigenvalue weighted by atomic mass is 9.44. The molecule has 4 aliphatic rings. The minimum absolute atomic E-state index is 0.0749. The largest absolute Gasteiger partial charge is 0.481 e. The van der Waals surface area contributed by atoms with Gasteiger partial charge in [-0.05, 0) is 131 Å². The second-order valence-corrected chi connectivity index (χ2v) is 15.0. The molecule has 10 atom stereocenters. The lowest BCUT2D eigenvalue weighted by Gasteiger charge is -2.61. The molecule has 0 heterocycles. The third-order valence-corrected chi connectivity index (χ3v) is 11.6. The molecule has 0 radical (unpaired) electrons. The van der Waals surface area contributed by atoms with Gasteiger partial charge in [0.1, 0.15) is 17.7 Å². The van der Waals surface area contributed by atoms with Gasteiger partial charge in [0.2, 0.25) is 0 Å². The van der Waals surface area contributed by atoms with Crippen LogP contribution in [0.1, 0.15) is 119 Å². The monoisotopic (exact) mass is 547 g/mol. The average Bonchev–Trinajstić information content (AvgIpc) is 3.18. The number of ether oxygens (including phenoxy) is 2. The zero-order valence-electron chi connectivity index (χ0n) is 25.2. The summed E-state index contributed by atoms with van der Waals surface area (Å²) in [7, 11) is 0. The quantitative estimate of drug-likeness (QED) is 0.352. The number of carboxylic acids is 1. The Hall–Kier alpha value is -1.63. The number of carbonyl (C=O) groups excluding carboxylic acids is 2. The third-order valence-electron chi connectivity index (χ3n) is 11.6. The minimum atomic E-state index is -1.09. The molecule has 7 heteroatoms. The van der Waals surface area contributed by atoms with Crippen LogP contribution in [0.5, 0.6) is 0 Å². The molecule has 4 fully saturated rings. The number of carboxylic acid groups (broad SMARTS) is 1. The van der Waals surface area contributed by atoms with E-state index in [0.29, 0.717) is 29.6 Å². The Bertz CT molecular complexity index is 928. The topological polar surface area (TPSA) is 116 Å². The van der Waals surface area contributed by atoms with Gasteiger partial charge >= 0.3 is 17.9 Å². The Morgan fingerprint density at radius 2 is 1.64 bits per heavy atom. The molecule has 0 saturated heterocycles. The molecule has 4 rings (SSSR count). The van der Waals surface area contributed by atoms with Crippen LogP contribution < -0.4 is 5.73 Å². The molecule has 4 saturated carbocycles. The summed E-state index contributed by atoms with van der Waals surface area (Å²) in [6.07, 6.45) is 11.2. The normalized spacial score (nSPS) is 39.5. The number of fused-ring (bicyclic) bond motifs is 5. The SMILES string of the molecule is C[C@H](CCC(=O)OC(C)(C)C)[C@H]1CC[C@H]2[C@@H]3CC[C@@H]4C[C@H](OC(=O)[C@@H](N)CC(=O)O)CC[C@]4(C)[C@H]3CC[C@]12C. The second-order valence-electron chi connectivity index (χ2n) is 15.0. The van der Waals surface area contributed by atoms with Gasteiger partial charge in [-0.3, -0.25) is 14.4 Å². The van der Waals surface area contributed by atoms with Gasteiger partial charge in [-0.2, -0.15) is 0 Å². The molecule has 7 nitrogen and oxygen atoms in total. The highest BCUT2D eigenvalue weighted by Gasteiger charge is 2.60. The molecule has 0 aliphatic heterocycles. The van der Waals surface area contributed by atoms with Crippen LogP contribution in [0.4, 0.5) is 0 Å². The molecule has 0 aromatic heterocycles. The smallest absolute Gasteiger partial charge is 0.323 e. The summed E-state index contributed by atoms with van der Waals surface area (Å²) >= 11 is 0. The highest BCUT2D eigenvalue weighted by Crippen LogP contribution is 2.68. The van der Waals surface area contributed by atoms with Crippen LogP contribution in [0.25, 0.3) is 0 Å². The molecule has 0 amide bonds. The van der Waals surface area contributed by atoms with Crippen molar-refractivity contribution in [2.75, 3.05) is 0 Å².